The van der Waals surface area contributed by atoms with Crippen molar-refractivity contribution in [2.45, 2.75) is 23.9 Å². The summed E-state index contributed by atoms with van der Waals surface area (Å²) in [5, 5.41) is 2.47. The maximum absolute atomic E-state index is 13.5. The molecule has 5 rings (SSSR count). The number of nitrogens with zero attached hydrogens (tertiary/aromatic N) is 1. The Hall–Kier alpha value is -3.36. The van der Waals surface area contributed by atoms with E-state index in [0.29, 0.717) is 10.2 Å². The number of carbonyl (C=O) groups is 3. The van der Waals surface area contributed by atoms with Gasteiger partial charge in [-0.15, -0.1) is 11.8 Å². The van der Waals surface area contributed by atoms with Crippen molar-refractivity contribution >= 4 is 45.5 Å². The van der Waals surface area contributed by atoms with Gasteiger partial charge in [0.1, 0.15) is 17.1 Å². The number of hydrogen-bond acceptors (Lipinski definition) is 5. The quantitative estimate of drug-likeness (QED) is 0.337. The van der Waals surface area contributed by atoms with Gasteiger partial charge in [0.25, 0.3) is 5.91 Å². The molecule has 182 valence electrons. The first kappa shape index (κ1) is 24.3. The van der Waals surface area contributed by atoms with E-state index in [1.54, 1.807) is 0 Å². The largest absolute Gasteiger partial charge is 0.448 e. The summed E-state index contributed by atoms with van der Waals surface area (Å²) in [5.74, 6) is -0.655. The number of carbonyl (C=O) groups excluding carboxylic acids is 3. The van der Waals surface area contributed by atoms with E-state index in [1.807, 2.05) is 91.0 Å². The molecule has 2 atom stereocenters. The number of hydrogen-bond donors (Lipinski definition) is 1. The second kappa shape index (κ2) is 10.7. The first-order valence-electron chi connectivity index (χ1n) is 11.5. The number of benzene rings is 3. The third-order valence-electron chi connectivity index (χ3n) is 6.07. The Morgan fingerprint density at radius 1 is 0.944 bits per heavy atom. The fraction of sp³-hybridized carbons (Fsp3) is 0.179. The lowest BCUT2D eigenvalue weighted by Crippen LogP contribution is -2.70. The lowest BCUT2D eigenvalue weighted by atomic mass is 10.0. The van der Waals surface area contributed by atoms with Crippen LogP contribution in [0.15, 0.2) is 101 Å². The van der Waals surface area contributed by atoms with Gasteiger partial charge in [-0.1, -0.05) is 107 Å². The zero-order valence-electron chi connectivity index (χ0n) is 19.2. The summed E-state index contributed by atoms with van der Waals surface area (Å²) in [6, 6.07) is 27.7. The number of nitrogens with one attached hydrogen (secondary N) is 1. The summed E-state index contributed by atoms with van der Waals surface area (Å²) in [7, 11) is 0. The average molecular weight is 563 g/mol. The van der Waals surface area contributed by atoms with Crippen molar-refractivity contribution in [2.75, 3.05) is 5.75 Å². The summed E-state index contributed by atoms with van der Waals surface area (Å²) < 4.78 is 6.61. The highest BCUT2D eigenvalue weighted by molar-refractivity contribution is 9.11. The fourth-order valence-electron chi connectivity index (χ4n) is 4.32. The highest BCUT2D eigenvalue weighted by Crippen LogP contribution is 2.43. The molecule has 1 unspecified atom stereocenters. The topological polar surface area (TPSA) is 75.7 Å². The Bertz CT molecular complexity index is 1260. The molecule has 2 heterocycles. The van der Waals surface area contributed by atoms with Crippen LogP contribution in [0.2, 0.25) is 0 Å². The SMILES string of the molecule is O=C(Cc1ccccc1)NC1C(=O)N2C(C(=O)OC(c3ccccc3)c3ccccc3)=C(Br)CS[C@@H]12. The van der Waals surface area contributed by atoms with Gasteiger partial charge in [0.05, 0.1) is 6.42 Å². The van der Waals surface area contributed by atoms with Crippen LogP contribution in [-0.4, -0.2) is 39.9 Å². The fourth-order valence-corrected chi connectivity index (χ4v) is 6.26. The number of rotatable bonds is 7. The van der Waals surface area contributed by atoms with Crippen LogP contribution in [0.1, 0.15) is 22.8 Å². The van der Waals surface area contributed by atoms with Crippen LogP contribution in [0.3, 0.4) is 0 Å². The maximum atomic E-state index is 13.5. The minimum absolute atomic E-state index is 0.187. The molecule has 0 radical (unpaired) electrons. The van der Waals surface area contributed by atoms with Crippen molar-refractivity contribution in [3.63, 3.8) is 0 Å². The van der Waals surface area contributed by atoms with Crippen LogP contribution in [0.4, 0.5) is 0 Å². The van der Waals surface area contributed by atoms with Gasteiger partial charge in [-0.3, -0.25) is 14.5 Å². The van der Waals surface area contributed by atoms with E-state index in [1.165, 1.54) is 16.7 Å². The van der Waals surface area contributed by atoms with E-state index < -0.39 is 18.1 Å². The van der Waals surface area contributed by atoms with Crippen LogP contribution >= 0.6 is 27.7 Å². The third kappa shape index (κ3) is 4.96. The molecule has 1 N–H and O–H groups in total. The molecule has 0 spiro atoms. The molecule has 3 aromatic carbocycles. The Morgan fingerprint density at radius 3 is 2.08 bits per heavy atom. The second-order valence-electron chi connectivity index (χ2n) is 8.48. The van der Waals surface area contributed by atoms with Crippen LogP contribution in [0, 0.1) is 0 Å². The molecule has 36 heavy (non-hydrogen) atoms. The van der Waals surface area contributed by atoms with Crippen molar-refractivity contribution in [2.24, 2.45) is 0 Å². The highest BCUT2D eigenvalue weighted by Gasteiger charge is 2.54. The molecule has 1 saturated heterocycles. The van der Waals surface area contributed by atoms with Gasteiger partial charge in [0.2, 0.25) is 5.91 Å². The van der Waals surface area contributed by atoms with Crippen molar-refractivity contribution in [1.82, 2.24) is 10.2 Å². The normalized spacial score (nSPS) is 18.9. The number of thioether (sulfide) groups is 1. The molecule has 8 heteroatoms. The van der Waals surface area contributed by atoms with E-state index in [-0.39, 0.29) is 29.3 Å². The number of halogens is 1. The van der Waals surface area contributed by atoms with Gasteiger partial charge < -0.3 is 10.1 Å². The Balaban J connectivity index is 1.32. The van der Waals surface area contributed by atoms with Gasteiger partial charge in [-0.25, -0.2) is 4.79 Å². The van der Waals surface area contributed by atoms with Crippen molar-refractivity contribution in [3.05, 3.63) is 118 Å². The van der Waals surface area contributed by atoms with Crippen molar-refractivity contribution in [1.29, 1.82) is 0 Å². The Morgan fingerprint density at radius 2 is 1.50 bits per heavy atom. The molecule has 0 aliphatic carbocycles. The molecule has 0 aromatic heterocycles. The molecule has 2 aliphatic rings. The first-order valence-corrected chi connectivity index (χ1v) is 13.3. The number of fused-ring (bicyclic) bond motifs is 1. The molecule has 1 fully saturated rings. The summed E-state index contributed by atoms with van der Waals surface area (Å²) in [6.07, 6.45) is -0.440. The summed E-state index contributed by atoms with van der Waals surface area (Å²) in [6.45, 7) is 0. The third-order valence-corrected chi connectivity index (χ3v) is 8.38. The molecular weight excluding hydrogens is 540 g/mol. The summed E-state index contributed by atoms with van der Waals surface area (Å²) >= 11 is 4.97. The zero-order chi connectivity index (χ0) is 25.1. The predicted octanol–water partition coefficient (Wildman–Crippen LogP) is 4.57. The number of ether oxygens (including phenoxy) is 1. The average Bonchev–Trinajstić information content (AvgIpc) is 2.91. The number of esters is 1. The minimum Gasteiger partial charge on any atom is -0.448 e. The lowest BCUT2D eigenvalue weighted by molar-refractivity contribution is -0.154. The first-order chi connectivity index (χ1) is 17.5. The second-order valence-corrected chi connectivity index (χ2v) is 10.5. The lowest BCUT2D eigenvalue weighted by Gasteiger charge is -2.49. The molecule has 2 aliphatic heterocycles. The minimum atomic E-state index is -0.686. The van der Waals surface area contributed by atoms with Gasteiger partial charge in [-0.2, -0.15) is 0 Å². The Kier molecular flexibility index (Phi) is 7.25. The van der Waals surface area contributed by atoms with Crippen LogP contribution in [-0.2, 0) is 25.5 Å². The van der Waals surface area contributed by atoms with Gasteiger partial charge in [-0.05, 0) is 16.7 Å². The monoisotopic (exact) mass is 562 g/mol. The van der Waals surface area contributed by atoms with Gasteiger partial charge in [0, 0.05) is 10.2 Å². The Labute approximate surface area is 221 Å². The number of β-lactam (4-membered cyclic amide) rings is 1. The van der Waals surface area contributed by atoms with Gasteiger partial charge >= 0.3 is 5.97 Å². The van der Waals surface area contributed by atoms with Gasteiger partial charge in [0.15, 0.2) is 6.10 Å². The van der Waals surface area contributed by atoms with Crippen LogP contribution < -0.4 is 5.32 Å². The number of amides is 2. The predicted molar refractivity (Wildman–Crippen MR) is 142 cm³/mol. The molecule has 3 aromatic rings. The van der Waals surface area contributed by atoms with E-state index in [4.69, 9.17) is 4.74 Å². The van der Waals surface area contributed by atoms with E-state index in [0.717, 1.165) is 16.7 Å². The summed E-state index contributed by atoms with van der Waals surface area (Å²) in [5.41, 5.74) is 2.72. The van der Waals surface area contributed by atoms with Crippen molar-refractivity contribution in [3.8, 4) is 0 Å². The highest BCUT2D eigenvalue weighted by atomic mass is 79.9. The van der Waals surface area contributed by atoms with Crippen LogP contribution in [0.25, 0.3) is 0 Å². The van der Waals surface area contributed by atoms with E-state index in [2.05, 4.69) is 21.2 Å². The smallest absolute Gasteiger partial charge is 0.356 e. The molecule has 2 amide bonds. The molecule has 0 saturated carbocycles. The van der Waals surface area contributed by atoms with E-state index >= 15 is 0 Å². The summed E-state index contributed by atoms with van der Waals surface area (Å²) in [4.78, 5) is 40.6. The molecular formula is C28H23BrN2O4S. The zero-order valence-corrected chi connectivity index (χ0v) is 21.6. The van der Waals surface area contributed by atoms with Crippen LogP contribution in [0.5, 0.6) is 0 Å². The van der Waals surface area contributed by atoms with Crippen molar-refractivity contribution < 1.29 is 19.1 Å². The van der Waals surface area contributed by atoms with E-state index in [9.17, 15) is 14.4 Å². The molecule has 0 bridgehead atoms. The molecule has 6 nitrogen and oxygen atoms in total. The standard InChI is InChI=1S/C28H23BrN2O4S/c29-21-17-36-27-23(30-22(32)16-18-10-4-1-5-11-18)26(33)31(27)24(21)28(34)35-25(19-12-6-2-7-13-19)20-14-8-3-9-15-20/h1-15,23,25,27H,16-17H2,(H,30,32)/t23?,27-/m0/s1. The maximum Gasteiger partial charge on any atom is 0.356 e.